The van der Waals surface area contributed by atoms with E-state index in [9.17, 15) is 19.6 Å². The van der Waals surface area contributed by atoms with Gasteiger partial charge in [-0.1, -0.05) is 30.3 Å². The summed E-state index contributed by atoms with van der Waals surface area (Å²) in [6, 6.07) is 12.1. The summed E-state index contributed by atoms with van der Waals surface area (Å²) in [5.41, 5.74) is -0.0680. The number of carbonyl (C=O) groups is 3. The minimum absolute atomic E-state index is 0.196. The molecule has 0 unspecified atom stereocenters. The fourth-order valence-electron chi connectivity index (χ4n) is 3.95. The lowest BCUT2D eigenvalue weighted by molar-refractivity contribution is -0.160. The SMILES string of the molecule is CCOC(=O)c1c(NC(=O)C(C)(C)OC(C)=O)sc2c1CC[C@](C#N)(c1ccccc1)C2. The monoisotopic (exact) mass is 454 g/mol. The van der Waals surface area contributed by atoms with Gasteiger partial charge in [0.15, 0.2) is 5.60 Å². The van der Waals surface area contributed by atoms with Crippen molar-refractivity contribution in [3.05, 3.63) is 51.9 Å². The van der Waals surface area contributed by atoms with E-state index in [0.717, 1.165) is 16.0 Å². The zero-order valence-electron chi connectivity index (χ0n) is 18.6. The molecule has 0 saturated heterocycles. The van der Waals surface area contributed by atoms with Gasteiger partial charge in [-0.15, -0.1) is 11.3 Å². The van der Waals surface area contributed by atoms with E-state index in [1.165, 1.54) is 32.1 Å². The van der Waals surface area contributed by atoms with Gasteiger partial charge in [0.1, 0.15) is 5.00 Å². The summed E-state index contributed by atoms with van der Waals surface area (Å²) in [5.74, 6) is -1.65. The molecular weight excluding hydrogens is 428 g/mol. The van der Waals surface area contributed by atoms with Crippen molar-refractivity contribution in [3.63, 3.8) is 0 Å². The van der Waals surface area contributed by atoms with Gasteiger partial charge >= 0.3 is 11.9 Å². The molecule has 1 aromatic carbocycles. The minimum Gasteiger partial charge on any atom is -0.462 e. The fourth-order valence-corrected chi connectivity index (χ4v) is 5.30. The molecule has 7 nitrogen and oxygen atoms in total. The predicted molar refractivity (Wildman–Crippen MR) is 121 cm³/mol. The predicted octanol–water partition coefficient (Wildman–Crippen LogP) is 4.16. The molecule has 0 saturated carbocycles. The van der Waals surface area contributed by atoms with Gasteiger partial charge < -0.3 is 14.8 Å². The molecule has 1 N–H and O–H groups in total. The number of rotatable bonds is 6. The van der Waals surface area contributed by atoms with E-state index < -0.39 is 28.9 Å². The summed E-state index contributed by atoms with van der Waals surface area (Å²) in [6.45, 7) is 6.11. The van der Waals surface area contributed by atoms with Crippen LogP contribution in [0.3, 0.4) is 0 Å². The van der Waals surface area contributed by atoms with E-state index in [1.54, 1.807) is 6.92 Å². The summed E-state index contributed by atoms with van der Waals surface area (Å²) < 4.78 is 10.4. The lowest BCUT2D eigenvalue weighted by atomic mass is 9.70. The van der Waals surface area contributed by atoms with Gasteiger partial charge in [-0.2, -0.15) is 5.26 Å². The molecule has 1 aliphatic carbocycles. The van der Waals surface area contributed by atoms with Crippen molar-refractivity contribution in [3.8, 4) is 6.07 Å². The van der Waals surface area contributed by atoms with Crippen molar-refractivity contribution >= 4 is 34.2 Å². The lowest BCUT2D eigenvalue weighted by Gasteiger charge is -2.31. The highest BCUT2D eigenvalue weighted by molar-refractivity contribution is 7.17. The number of hydrogen-bond acceptors (Lipinski definition) is 7. The van der Waals surface area contributed by atoms with Crippen LogP contribution in [-0.4, -0.2) is 30.1 Å². The second-order valence-electron chi connectivity index (χ2n) is 8.22. The molecule has 3 rings (SSSR count). The fraction of sp³-hybridized carbons (Fsp3) is 0.417. The van der Waals surface area contributed by atoms with Gasteiger partial charge in [0, 0.05) is 18.2 Å². The van der Waals surface area contributed by atoms with Crippen molar-refractivity contribution in [1.82, 2.24) is 0 Å². The van der Waals surface area contributed by atoms with E-state index in [0.29, 0.717) is 29.8 Å². The molecular formula is C24H26N2O5S. The number of ether oxygens (including phenoxy) is 2. The number of amides is 1. The Morgan fingerprint density at radius 3 is 2.53 bits per heavy atom. The second-order valence-corrected chi connectivity index (χ2v) is 9.33. The molecule has 32 heavy (non-hydrogen) atoms. The topological polar surface area (TPSA) is 105 Å². The maximum atomic E-state index is 12.8. The molecule has 168 valence electrons. The highest BCUT2D eigenvalue weighted by Crippen LogP contribution is 2.45. The number of nitriles is 1. The molecule has 0 bridgehead atoms. The second kappa shape index (κ2) is 9.13. The maximum Gasteiger partial charge on any atom is 0.341 e. The summed E-state index contributed by atoms with van der Waals surface area (Å²) in [5, 5.41) is 13.2. The molecule has 0 radical (unpaired) electrons. The largest absolute Gasteiger partial charge is 0.462 e. The van der Waals surface area contributed by atoms with E-state index in [2.05, 4.69) is 11.4 Å². The first-order valence-corrected chi connectivity index (χ1v) is 11.2. The first-order valence-electron chi connectivity index (χ1n) is 10.4. The number of nitrogens with one attached hydrogen (secondary N) is 1. The Hall–Kier alpha value is -3.18. The Morgan fingerprint density at radius 2 is 1.94 bits per heavy atom. The van der Waals surface area contributed by atoms with Gasteiger partial charge in [-0.3, -0.25) is 9.59 Å². The molecule has 1 aromatic heterocycles. The number of carbonyl (C=O) groups excluding carboxylic acids is 3. The number of fused-ring (bicyclic) bond motifs is 1. The molecule has 0 spiro atoms. The van der Waals surface area contributed by atoms with Crippen LogP contribution in [-0.2, 0) is 37.3 Å². The number of nitrogens with zero attached hydrogens (tertiary/aromatic N) is 1. The lowest BCUT2D eigenvalue weighted by Crippen LogP contribution is -2.41. The van der Waals surface area contributed by atoms with Gasteiger partial charge in [-0.25, -0.2) is 4.79 Å². The minimum atomic E-state index is -1.41. The standard InChI is InChI=1S/C24H26N2O5S/c1-5-30-21(28)19-17-11-12-24(14-25,16-9-7-6-8-10-16)13-18(17)32-20(19)26-22(29)23(3,4)31-15(2)27/h6-10H,5,11-13H2,1-4H3,(H,26,29)/t24-/m0/s1. The van der Waals surface area contributed by atoms with Gasteiger partial charge in [0.05, 0.1) is 23.7 Å². The number of anilines is 1. The number of thiophene rings is 1. The summed E-state index contributed by atoms with van der Waals surface area (Å²) in [4.78, 5) is 37.9. The Labute approximate surface area is 191 Å². The van der Waals surface area contributed by atoms with Crippen LogP contribution in [0.2, 0.25) is 0 Å². The van der Waals surface area contributed by atoms with Crippen LogP contribution in [0.1, 0.15) is 60.5 Å². The van der Waals surface area contributed by atoms with Crippen LogP contribution in [0.5, 0.6) is 0 Å². The summed E-state index contributed by atoms with van der Waals surface area (Å²) >= 11 is 1.27. The Kier molecular flexibility index (Phi) is 6.70. The zero-order chi connectivity index (χ0) is 23.5. The number of benzene rings is 1. The molecule has 1 aliphatic rings. The van der Waals surface area contributed by atoms with Crippen molar-refractivity contribution < 1.29 is 23.9 Å². The van der Waals surface area contributed by atoms with Gasteiger partial charge in [0.2, 0.25) is 0 Å². The van der Waals surface area contributed by atoms with E-state index in [1.807, 2.05) is 30.3 Å². The van der Waals surface area contributed by atoms with Crippen molar-refractivity contribution in [2.75, 3.05) is 11.9 Å². The van der Waals surface area contributed by atoms with Crippen LogP contribution in [0.15, 0.2) is 30.3 Å². The Morgan fingerprint density at radius 1 is 1.25 bits per heavy atom. The van der Waals surface area contributed by atoms with Crippen LogP contribution in [0, 0.1) is 11.3 Å². The zero-order valence-corrected chi connectivity index (χ0v) is 19.4. The highest BCUT2D eigenvalue weighted by Gasteiger charge is 2.41. The van der Waals surface area contributed by atoms with Gasteiger partial charge in [-0.05, 0) is 44.7 Å². The quantitative estimate of drug-likeness (QED) is 0.657. The molecule has 8 heteroatoms. The molecule has 1 heterocycles. The smallest absolute Gasteiger partial charge is 0.341 e. The Balaban J connectivity index is 2.01. The average Bonchev–Trinajstić information content (AvgIpc) is 3.10. The third-order valence-electron chi connectivity index (χ3n) is 5.55. The van der Waals surface area contributed by atoms with Crippen LogP contribution >= 0.6 is 11.3 Å². The molecule has 2 aromatic rings. The van der Waals surface area contributed by atoms with Crippen molar-refractivity contribution in [2.24, 2.45) is 0 Å². The molecule has 0 fully saturated rings. The molecule has 1 atom stereocenters. The van der Waals surface area contributed by atoms with Crippen LogP contribution in [0.25, 0.3) is 0 Å². The van der Waals surface area contributed by atoms with Crippen LogP contribution in [0.4, 0.5) is 5.00 Å². The van der Waals surface area contributed by atoms with Crippen molar-refractivity contribution in [1.29, 1.82) is 5.26 Å². The summed E-state index contributed by atoms with van der Waals surface area (Å²) in [6.07, 6.45) is 1.49. The van der Waals surface area contributed by atoms with Gasteiger partial charge in [0.25, 0.3) is 5.91 Å². The van der Waals surface area contributed by atoms with E-state index in [-0.39, 0.29) is 6.61 Å². The first kappa shape index (κ1) is 23.5. The van der Waals surface area contributed by atoms with Crippen molar-refractivity contribution in [2.45, 2.75) is 58.0 Å². The molecule has 0 aliphatic heterocycles. The average molecular weight is 455 g/mol. The first-order chi connectivity index (χ1) is 15.1. The van der Waals surface area contributed by atoms with Crippen LogP contribution < -0.4 is 5.32 Å². The normalized spacial score (nSPS) is 17.6. The van der Waals surface area contributed by atoms with E-state index in [4.69, 9.17) is 9.47 Å². The maximum absolute atomic E-state index is 12.8. The summed E-state index contributed by atoms with van der Waals surface area (Å²) in [7, 11) is 0. The van der Waals surface area contributed by atoms with E-state index >= 15 is 0 Å². The highest BCUT2D eigenvalue weighted by atomic mass is 32.1. The molecule has 1 amide bonds. The third kappa shape index (κ3) is 4.53. The number of hydrogen-bond donors (Lipinski definition) is 1. The number of esters is 2. The Bertz CT molecular complexity index is 1080. The third-order valence-corrected chi connectivity index (χ3v) is 6.69.